The largest absolute Gasteiger partial charge is 0.326 e. The van der Waals surface area contributed by atoms with Crippen LogP contribution in [0.2, 0.25) is 0 Å². The Balaban J connectivity index is 0.00000124. The molecule has 30 heavy (non-hydrogen) atoms. The van der Waals surface area contributed by atoms with E-state index in [-0.39, 0.29) is 11.7 Å². The molecule has 0 atom stereocenters. The lowest BCUT2D eigenvalue weighted by atomic mass is 9.77. The average molecular weight is 471 g/mol. The minimum atomic E-state index is -0.222. The smallest absolute Gasteiger partial charge is 0.224 e. The SMILES string of the molecule is CC.O=C(CC1CCC(c2ccnc3ccc(F)cc23)CC1)Nc1ccc(Br)cc1. The van der Waals surface area contributed by atoms with Gasteiger partial charge in [0.1, 0.15) is 5.82 Å². The third-order valence-corrected chi connectivity index (χ3v) is 6.15. The number of amides is 1. The standard InChI is InChI=1S/C23H22BrFN2O.C2H6/c24-17-5-8-19(9-6-17)27-23(28)13-15-1-3-16(4-2-15)20-11-12-26-22-10-7-18(25)14-21(20)22;1-2/h5-12,14-16H,1-4,13H2,(H,27,28);1-2H3. The maximum Gasteiger partial charge on any atom is 0.224 e. The predicted octanol–water partition coefficient (Wildman–Crippen LogP) is 7.47. The van der Waals surface area contributed by atoms with Crippen LogP contribution in [0.3, 0.4) is 0 Å². The number of anilines is 1. The van der Waals surface area contributed by atoms with E-state index in [1.54, 1.807) is 12.1 Å². The number of benzene rings is 2. The first-order valence-corrected chi connectivity index (χ1v) is 11.5. The van der Waals surface area contributed by atoms with Gasteiger partial charge in [-0.05, 0) is 91.6 Å². The Labute approximate surface area is 186 Å². The molecule has 4 rings (SSSR count). The highest BCUT2D eigenvalue weighted by molar-refractivity contribution is 9.10. The van der Waals surface area contributed by atoms with Crippen molar-refractivity contribution in [1.29, 1.82) is 0 Å². The molecule has 1 N–H and O–H groups in total. The molecule has 5 heteroatoms. The molecule has 1 heterocycles. The van der Waals surface area contributed by atoms with Crippen LogP contribution in [0.1, 0.15) is 57.4 Å². The molecule has 0 saturated heterocycles. The lowest BCUT2D eigenvalue weighted by Crippen LogP contribution is -2.20. The van der Waals surface area contributed by atoms with Crippen molar-refractivity contribution in [2.75, 3.05) is 5.32 Å². The molecule has 1 saturated carbocycles. The van der Waals surface area contributed by atoms with Gasteiger partial charge in [0, 0.05) is 28.2 Å². The molecule has 0 bridgehead atoms. The van der Waals surface area contributed by atoms with Crippen LogP contribution in [0.5, 0.6) is 0 Å². The minimum absolute atomic E-state index is 0.0715. The van der Waals surface area contributed by atoms with Crippen LogP contribution in [-0.2, 0) is 4.79 Å². The minimum Gasteiger partial charge on any atom is -0.326 e. The molecule has 0 aliphatic heterocycles. The number of carbonyl (C=O) groups excluding carboxylic acids is 1. The van der Waals surface area contributed by atoms with Crippen molar-refractivity contribution >= 4 is 38.4 Å². The fourth-order valence-corrected chi connectivity index (χ4v) is 4.45. The summed E-state index contributed by atoms with van der Waals surface area (Å²) in [6.45, 7) is 4.00. The van der Waals surface area contributed by atoms with E-state index in [1.807, 2.05) is 50.4 Å². The van der Waals surface area contributed by atoms with Gasteiger partial charge in [-0.1, -0.05) is 29.8 Å². The summed E-state index contributed by atoms with van der Waals surface area (Å²) < 4.78 is 14.7. The molecule has 1 aliphatic rings. The van der Waals surface area contributed by atoms with E-state index in [4.69, 9.17) is 0 Å². The number of carbonyl (C=O) groups is 1. The summed E-state index contributed by atoms with van der Waals surface area (Å²) in [5, 5.41) is 3.90. The Morgan fingerprint density at radius 1 is 1.07 bits per heavy atom. The summed E-state index contributed by atoms with van der Waals surface area (Å²) in [5.74, 6) is 0.650. The second-order valence-electron chi connectivity index (χ2n) is 7.54. The molecule has 2 aromatic carbocycles. The zero-order valence-electron chi connectivity index (χ0n) is 17.5. The number of hydrogen-bond donors (Lipinski definition) is 1. The van der Waals surface area contributed by atoms with Crippen molar-refractivity contribution < 1.29 is 9.18 Å². The van der Waals surface area contributed by atoms with E-state index < -0.39 is 0 Å². The topological polar surface area (TPSA) is 42.0 Å². The van der Waals surface area contributed by atoms with Gasteiger partial charge in [-0.15, -0.1) is 0 Å². The highest BCUT2D eigenvalue weighted by atomic mass is 79.9. The summed E-state index contributed by atoms with van der Waals surface area (Å²) in [6.07, 6.45) is 6.43. The van der Waals surface area contributed by atoms with Crippen molar-refractivity contribution in [2.24, 2.45) is 5.92 Å². The number of fused-ring (bicyclic) bond motifs is 1. The summed E-state index contributed by atoms with van der Waals surface area (Å²) in [4.78, 5) is 16.7. The number of pyridine rings is 1. The van der Waals surface area contributed by atoms with Gasteiger partial charge >= 0.3 is 0 Å². The Kier molecular flexibility index (Phi) is 7.97. The molecule has 1 amide bonds. The van der Waals surface area contributed by atoms with Crippen LogP contribution in [0, 0.1) is 11.7 Å². The highest BCUT2D eigenvalue weighted by Gasteiger charge is 2.25. The van der Waals surface area contributed by atoms with Crippen LogP contribution in [-0.4, -0.2) is 10.9 Å². The molecule has 1 aliphatic carbocycles. The van der Waals surface area contributed by atoms with E-state index in [2.05, 4.69) is 26.2 Å². The fourth-order valence-electron chi connectivity index (χ4n) is 4.18. The summed E-state index contributed by atoms with van der Waals surface area (Å²) >= 11 is 3.40. The van der Waals surface area contributed by atoms with Crippen LogP contribution < -0.4 is 5.32 Å². The van der Waals surface area contributed by atoms with Gasteiger partial charge in [0.25, 0.3) is 0 Å². The molecule has 3 aromatic rings. The second-order valence-corrected chi connectivity index (χ2v) is 8.45. The van der Waals surface area contributed by atoms with Crippen molar-refractivity contribution in [3.05, 3.63) is 70.6 Å². The van der Waals surface area contributed by atoms with E-state index >= 15 is 0 Å². The zero-order chi connectivity index (χ0) is 21.5. The molecule has 1 aromatic heterocycles. The number of aromatic nitrogens is 1. The van der Waals surface area contributed by atoms with Crippen LogP contribution in [0.4, 0.5) is 10.1 Å². The van der Waals surface area contributed by atoms with Gasteiger partial charge in [0.15, 0.2) is 0 Å². The maximum atomic E-state index is 13.7. The number of nitrogens with one attached hydrogen (secondary N) is 1. The summed E-state index contributed by atoms with van der Waals surface area (Å²) in [5.41, 5.74) is 2.85. The lowest BCUT2D eigenvalue weighted by Gasteiger charge is -2.29. The first-order valence-electron chi connectivity index (χ1n) is 10.7. The molecule has 3 nitrogen and oxygen atoms in total. The van der Waals surface area contributed by atoms with Crippen molar-refractivity contribution in [1.82, 2.24) is 4.98 Å². The first-order chi connectivity index (χ1) is 14.6. The van der Waals surface area contributed by atoms with Gasteiger partial charge in [0.05, 0.1) is 5.52 Å². The highest BCUT2D eigenvalue weighted by Crippen LogP contribution is 2.39. The van der Waals surface area contributed by atoms with Gasteiger partial charge in [-0.25, -0.2) is 4.39 Å². The molecular formula is C25H28BrFN2O. The van der Waals surface area contributed by atoms with E-state index in [0.717, 1.165) is 46.7 Å². The van der Waals surface area contributed by atoms with Gasteiger partial charge < -0.3 is 5.32 Å². The molecule has 0 radical (unpaired) electrons. The summed E-state index contributed by atoms with van der Waals surface area (Å²) in [7, 11) is 0. The summed E-state index contributed by atoms with van der Waals surface area (Å²) in [6, 6.07) is 14.4. The van der Waals surface area contributed by atoms with E-state index in [9.17, 15) is 9.18 Å². The normalized spacial score (nSPS) is 18.4. The second kappa shape index (κ2) is 10.7. The number of halogens is 2. The molecular weight excluding hydrogens is 443 g/mol. The fraction of sp³-hybridized carbons (Fsp3) is 0.360. The molecule has 158 valence electrons. The first kappa shape index (κ1) is 22.4. The Morgan fingerprint density at radius 2 is 1.77 bits per heavy atom. The third-order valence-electron chi connectivity index (χ3n) is 5.63. The molecule has 0 unspecified atom stereocenters. The Hall–Kier alpha value is -2.27. The van der Waals surface area contributed by atoms with E-state index in [0.29, 0.717) is 18.3 Å². The quantitative estimate of drug-likeness (QED) is 0.429. The lowest BCUT2D eigenvalue weighted by molar-refractivity contribution is -0.117. The predicted molar refractivity (Wildman–Crippen MR) is 125 cm³/mol. The Bertz CT molecular complexity index is 982. The van der Waals surface area contributed by atoms with Crippen molar-refractivity contribution in [3.8, 4) is 0 Å². The number of rotatable bonds is 4. The zero-order valence-corrected chi connectivity index (χ0v) is 19.1. The van der Waals surface area contributed by atoms with Crippen molar-refractivity contribution in [2.45, 2.75) is 51.9 Å². The van der Waals surface area contributed by atoms with Gasteiger partial charge in [0.2, 0.25) is 5.91 Å². The van der Waals surface area contributed by atoms with Crippen LogP contribution in [0.15, 0.2) is 59.2 Å². The maximum absolute atomic E-state index is 13.7. The molecule has 1 fully saturated rings. The Morgan fingerprint density at radius 3 is 2.47 bits per heavy atom. The van der Waals surface area contributed by atoms with Gasteiger partial charge in [-0.2, -0.15) is 0 Å². The monoisotopic (exact) mass is 470 g/mol. The molecule has 0 spiro atoms. The number of hydrogen-bond acceptors (Lipinski definition) is 2. The van der Waals surface area contributed by atoms with Crippen LogP contribution >= 0.6 is 15.9 Å². The van der Waals surface area contributed by atoms with E-state index in [1.165, 1.54) is 11.6 Å². The average Bonchev–Trinajstić information content (AvgIpc) is 2.77. The third kappa shape index (κ3) is 5.66. The van der Waals surface area contributed by atoms with Gasteiger partial charge in [-0.3, -0.25) is 9.78 Å². The number of nitrogens with zero attached hydrogens (tertiary/aromatic N) is 1. The van der Waals surface area contributed by atoms with Crippen LogP contribution in [0.25, 0.3) is 10.9 Å². The van der Waals surface area contributed by atoms with Crippen molar-refractivity contribution in [3.63, 3.8) is 0 Å².